The summed E-state index contributed by atoms with van der Waals surface area (Å²) in [6.07, 6.45) is 7.68. The zero-order valence-corrected chi connectivity index (χ0v) is 9.79. The van der Waals surface area contributed by atoms with E-state index in [1.807, 2.05) is 24.3 Å². The first-order valence-corrected chi connectivity index (χ1v) is 5.50. The lowest BCUT2D eigenvalue weighted by Crippen LogP contribution is -2.61. The van der Waals surface area contributed by atoms with Crippen LogP contribution in [0, 0.1) is 5.92 Å². The van der Waals surface area contributed by atoms with Gasteiger partial charge >= 0.3 is 0 Å². The molecule has 0 radical (unpaired) electrons. The van der Waals surface area contributed by atoms with Crippen molar-refractivity contribution in [2.45, 2.75) is 26.3 Å². The summed E-state index contributed by atoms with van der Waals surface area (Å²) in [7, 11) is 0. The predicted molar refractivity (Wildman–Crippen MR) is 60.2 cm³/mol. The van der Waals surface area contributed by atoms with Gasteiger partial charge in [0.05, 0.1) is 6.04 Å². The van der Waals surface area contributed by atoms with Crippen molar-refractivity contribution in [2.75, 3.05) is 0 Å². The number of amides is 3. The molecule has 2 atom stereocenters. The van der Waals surface area contributed by atoms with Gasteiger partial charge in [0.1, 0.15) is 0 Å². The number of carbonyl (C=O) groups is 3. The highest BCUT2D eigenvalue weighted by atomic mass is 16.2. The van der Waals surface area contributed by atoms with Gasteiger partial charge in [-0.3, -0.25) is 14.4 Å². The molecule has 0 aromatic rings. The number of hydrazine groups is 1. The number of imide groups is 1. The maximum absolute atomic E-state index is 11.9. The summed E-state index contributed by atoms with van der Waals surface area (Å²) in [6, 6.07) is -0.237. The van der Waals surface area contributed by atoms with Gasteiger partial charge in [-0.05, 0) is 0 Å². The van der Waals surface area contributed by atoms with Crippen LogP contribution in [0.25, 0.3) is 0 Å². The van der Waals surface area contributed by atoms with Crippen LogP contribution in [0.1, 0.15) is 20.3 Å². The Balaban J connectivity index is 2.39. The van der Waals surface area contributed by atoms with Gasteiger partial charge in [0, 0.05) is 26.2 Å². The number of allylic oxidation sites excluding steroid dienone is 2. The minimum atomic E-state index is -0.424. The van der Waals surface area contributed by atoms with Crippen LogP contribution in [0.4, 0.5) is 0 Å². The third kappa shape index (κ3) is 1.88. The fraction of sp³-hybridized carbons (Fsp3) is 0.417. The molecule has 5 nitrogen and oxygen atoms in total. The molecule has 0 spiro atoms. The number of carbonyl (C=O) groups excluding carboxylic acids is 3. The minimum absolute atomic E-state index is 0.0352. The number of fused-ring (bicyclic) bond motifs is 1. The molecule has 1 fully saturated rings. The van der Waals surface area contributed by atoms with Crippen LogP contribution >= 0.6 is 0 Å². The molecule has 1 heterocycles. The topological polar surface area (TPSA) is 57.7 Å². The number of rotatable bonds is 0. The van der Waals surface area contributed by atoms with Gasteiger partial charge in [-0.25, -0.2) is 5.01 Å². The molecule has 2 aliphatic rings. The van der Waals surface area contributed by atoms with Crippen molar-refractivity contribution in [1.82, 2.24) is 10.0 Å². The van der Waals surface area contributed by atoms with Crippen molar-refractivity contribution >= 4 is 17.7 Å². The molecule has 2 rings (SSSR count). The van der Waals surface area contributed by atoms with Crippen molar-refractivity contribution < 1.29 is 14.4 Å². The number of nitrogens with zero attached hydrogens (tertiary/aromatic N) is 2. The lowest BCUT2D eigenvalue weighted by atomic mass is 9.89. The standard InChI is InChI=1S/C12H14N2O3/c1-8(15)13-11-6-4-3-5-10(11)7-12(17)14(13)9(2)16/h3-6,10-11H,7H2,1-2H3. The van der Waals surface area contributed by atoms with Crippen molar-refractivity contribution in [2.24, 2.45) is 5.92 Å². The Bertz CT molecular complexity index is 439. The summed E-state index contributed by atoms with van der Waals surface area (Å²) >= 11 is 0. The maximum atomic E-state index is 11.9. The molecule has 2 unspecified atom stereocenters. The maximum Gasteiger partial charge on any atom is 0.249 e. The van der Waals surface area contributed by atoms with E-state index in [-0.39, 0.29) is 30.2 Å². The molecule has 0 bridgehead atoms. The summed E-state index contributed by atoms with van der Waals surface area (Å²) in [6.45, 7) is 2.65. The Labute approximate surface area is 99.3 Å². The van der Waals surface area contributed by atoms with Crippen molar-refractivity contribution in [3.05, 3.63) is 24.3 Å². The summed E-state index contributed by atoms with van der Waals surface area (Å²) in [5.41, 5.74) is 0. The van der Waals surface area contributed by atoms with Gasteiger partial charge in [0.2, 0.25) is 17.7 Å². The molecule has 1 saturated heterocycles. The number of hydrogen-bond donors (Lipinski definition) is 0. The van der Waals surface area contributed by atoms with Crippen molar-refractivity contribution in [3.63, 3.8) is 0 Å². The Kier molecular flexibility index (Phi) is 2.83. The second kappa shape index (κ2) is 4.16. The lowest BCUT2D eigenvalue weighted by Gasteiger charge is -2.44. The number of hydrogen-bond acceptors (Lipinski definition) is 3. The smallest absolute Gasteiger partial charge is 0.249 e. The first-order chi connectivity index (χ1) is 8.02. The van der Waals surface area contributed by atoms with Gasteiger partial charge in [-0.1, -0.05) is 24.3 Å². The van der Waals surface area contributed by atoms with E-state index in [1.165, 1.54) is 18.9 Å². The van der Waals surface area contributed by atoms with Crippen LogP contribution in [0.3, 0.4) is 0 Å². The zero-order chi connectivity index (χ0) is 12.6. The van der Waals surface area contributed by atoms with Crippen LogP contribution in [0.5, 0.6) is 0 Å². The highest BCUT2D eigenvalue weighted by Gasteiger charge is 2.42. The fourth-order valence-electron chi connectivity index (χ4n) is 2.31. The third-order valence-electron chi connectivity index (χ3n) is 2.98. The Morgan fingerprint density at radius 3 is 2.41 bits per heavy atom. The molecule has 0 aromatic carbocycles. The monoisotopic (exact) mass is 234 g/mol. The van der Waals surface area contributed by atoms with E-state index in [0.717, 1.165) is 5.01 Å². The van der Waals surface area contributed by atoms with E-state index in [2.05, 4.69) is 0 Å². The van der Waals surface area contributed by atoms with Crippen LogP contribution in [-0.2, 0) is 14.4 Å². The second-order valence-corrected chi connectivity index (χ2v) is 4.22. The Hall–Kier alpha value is -1.91. The van der Waals surface area contributed by atoms with Crippen molar-refractivity contribution in [1.29, 1.82) is 0 Å². The molecule has 0 aromatic heterocycles. The average Bonchev–Trinajstić information content (AvgIpc) is 2.26. The quantitative estimate of drug-likeness (QED) is 0.618. The SMILES string of the molecule is CC(=O)N1C(=O)CC2C=CC=CC2N1C(C)=O. The largest absolute Gasteiger partial charge is 0.273 e. The normalized spacial score (nSPS) is 27.1. The molecular formula is C12H14N2O3. The summed E-state index contributed by atoms with van der Waals surface area (Å²) in [5.74, 6) is -1.09. The van der Waals surface area contributed by atoms with E-state index in [0.29, 0.717) is 0 Å². The minimum Gasteiger partial charge on any atom is -0.273 e. The van der Waals surface area contributed by atoms with Crippen LogP contribution in [0.2, 0.25) is 0 Å². The highest BCUT2D eigenvalue weighted by Crippen LogP contribution is 2.29. The zero-order valence-electron chi connectivity index (χ0n) is 9.79. The molecule has 1 aliphatic heterocycles. The van der Waals surface area contributed by atoms with Gasteiger partial charge in [-0.2, -0.15) is 5.01 Å². The Morgan fingerprint density at radius 1 is 1.18 bits per heavy atom. The van der Waals surface area contributed by atoms with Gasteiger partial charge in [-0.15, -0.1) is 0 Å². The summed E-state index contributed by atoms with van der Waals surface area (Å²) in [5, 5.41) is 2.20. The third-order valence-corrected chi connectivity index (χ3v) is 2.98. The molecule has 3 amide bonds. The molecule has 17 heavy (non-hydrogen) atoms. The Morgan fingerprint density at radius 2 is 1.82 bits per heavy atom. The summed E-state index contributed by atoms with van der Waals surface area (Å²) in [4.78, 5) is 35.0. The van der Waals surface area contributed by atoms with Gasteiger partial charge in [0.25, 0.3) is 0 Å². The predicted octanol–water partition coefficient (Wildman–Crippen LogP) is 0.640. The molecule has 1 aliphatic carbocycles. The van der Waals surface area contributed by atoms with Gasteiger partial charge in [0.15, 0.2) is 0 Å². The van der Waals surface area contributed by atoms with Gasteiger partial charge < -0.3 is 0 Å². The lowest BCUT2D eigenvalue weighted by molar-refractivity contribution is -0.182. The van der Waals surface area contributed by atoms with Crippen LogP contribution < -0.4 is 0 Å². The molecule has 5 heteroatoms. The second-order valence-electron chi connectivity index (χ2n) is 4.22. The molecule has 0 N–H and O–H groups in total. The fourth-order valence-corrected chi connectivity index (χ4v) is 2.31. The molecule has 90 valence electrons. The van der Waals surface area contributed by atoms with E-state index in [1.54, 1.807) is 0 Å². The molecular weight excluding hydrogens is 220 g/mol. The molecule has 0 saturated carbocycles. The first-order valence-electron chi connectivity index (χ1n) is 5.50. The summed E-state index contributed by atoms with van der Waals surface area (Å²) < 4.78 is 0. The van der Waals surface area contributed by atoms with Crippen LogP contribution in [-0.4, -0.2) is 33.8 Å². The van der Waals surface area contributed by atoms with E-state index in [9.17, 15) is 14.4 Å². The van der Waals surface area contributed by atoms with Crippen LogP contribution in [0.15, 0.2) is 24.3 Å². The first kappa shape index (κ1) is 11.6. The van der Waals surface area contributed by atoms with E-state index < -0.39 is 5.91 Å². The highest BCUT2D eigenvalue weighted by molar-refractivity contribution is 5.97. The average molecular weight is 234 g/mol. The van der Waals surface area contributed by atoms with E-state index >= 15 is 0 Å². The van der Waals surface area contributed by atoms with E-state index in [4.69, 9.17) is 0 Å². The van der Waals surface area contributed by atoms with Crippen molar-refractivity contribution in [3.8, 4) is 0 Å².